The van der Waals surface area contributed by atoms with Crippen LogP contribution in [0.4, 0.5) is 0 Å². The molecule has 104 valence electrons. The molecule has 1 fully saturated rings. The number of aliphatic hydroxyl groups excluding tert-OH is 1. The lowest BCUT2D eigenvalue weighted by molar-refractivity contribution is -0.126. The molecule has 1 heterocycles. The van der Waals surface area contributed by atoms with Crippen LogP contribution in [0, 0.1) is 5.92 Å². The third-order valence-electron chi connectivity index (χ3n) is 3.46. The molecule has 1 atom stereocenters. The number of carbonyl (C=O) groups excluding carboxylic acids is 1. The predicted molar refractivity (Wildman–Crippen MR) is 77.7 cm³/mol. The van der Waals surface area contributed by atoms with E-state index in [1.165, 1.54) is 0 Å². The van der Waals surface area contributed by atoms with Crippen molar-refractivity contribution in [2.24, 2.45) is 5.92 Å². The van der Waals surface area contributed by atoms with Gasteiger partial charge in [0.1, 0.15) is 0 Å². The normalized spacial score (nSPS) is 18.0. The Kier molecular flexibility index (Phi) is 5.36. The Hall–Kier alpha value is -0.910. The number of rotatable bonds is 4. The molecule has 2 rings (SSSR count). The summed E-state index contributed by atoms with van der Waals surface area (Å²) in [6, 6.07) is 7.32. The summed E-state index contributed by atoms with van der Waals surface area (Å²) in [6.45, 7) is 1.69. The standard InChI is InChI=1S/C14H19BrN2O2/c15-12-3-1-2-11(8-12)13(9-18)17-14(19)10-4-6-16-7-5-10/h1-3,8,10,13,16,18H,4-7,9H2,(H,17,19). The van der Waals surface area contributed by atoms with Crippen LogP contribution < -0.4 is 10.6 Å². The Morgan fingerprint density at radius 2 is 2.21 bits per heavy atom. The highest BCUT2D eigenvalue weighted by Crippen LogP contribution is 2.19. The molecule has 1 amide bonds. The summed E-state index contributed by atoms with van der Waals surface area (Å²) in [5.74, 6) is 0.1000. The van der Waals surface area contributed by atoms with Crippen LogP contribution in [0.1, 0.15) is 24.4 Å². The quantitative estimate of drug-likeness (QED) is 0.787. The number of carbonyl (C=O) groups is 1. The highest BCUT2D eigenvalue weighted by molar-refractivity contribution is 9.10. The fourth-order valence-electron chi connectivity index (χ4n) is 2.33. The molecule has 0 aromatic heterocycles. The van der Waals surface area contributed by atoms with Crippen molar-refractivity contribution in [1.82, 2.24) is 10.6 Å². The van der Waals surface area contributed by atoms with Crippen molar-refractivity contribution in [2.75, 3.05) is 19.7 Å². The molecule has 0 bridgehead atoms. The zero-order valence-corrected chi connectivity index (χ0v) is 12.3. The van der Waals surface area contributed by atoms with E-state index < -0.39 is 0 Å². The van der Waals surface area contributed by atoms with E-state index in [-0.39, 0.29) is 24.5 Å². The van der Waals surface area contributed by atoms with Crippen molar-refractivity contribution in [3.05, 3.63) is 34.3 Å². The maximum Gasteiger partial charge on any atom is 0.223 e. The third kappa shape index (κ3) is 4.03. The molecule has 1 aromatic rings. The molecular formula is C14H19BrN2O2. The molecule has 0 aliphatic carbocycles. The van der Waals surface area contributed by atoms with Crippen molar-refractivity contribution >= 4 is 21.8 Å². The van der Waals surface area contributed by atoms with E-state index in [2.05, 4.69) is 26.6 Å². The topological polar surface area (TPSA) is 61.4 Å². The third-order valence-corrected chi connectivity index (χ3v) is 3.95. The number of aliphatic hydroxyl groups is 1. The Morgan fingerprint density at radius 3 is 2.84 bits per heavy atom. The summed E-state index contributed by atoms with van der Waals surface area (Å²) >= 11 is 3.40. The molecule has 1 aliphatic rings. The van der Waals surface area contributed by atoms with Gasteiger partial charge in [-0.3, -0.25) is 4.79 Å². The number of benzene rings is 1. The zero-order valence-electron chi connectivity index (χ0n) is 10.7. The van der Waals surface area contributed by atoms with E-state index in [1.807, 2.05) is 24.3 Å². The molecule has 4 nitrogen and oxygen atoms in total. The molecule has 1 aromatic carbocycles. The van der Waals surface area contributed by atoms with Crippen LogP contribution in [-0.2, 0) is 4.79 Å². The number of nitrogens with one attached hydrogen (secondary N) is 2. The Bertz CT molecular complexity index is 433. The van der Waals surface area contributed by atoms with Crippen LogP contribution in [0.3, 0.4) is 0 Å². The molecule has 1 unspecified atom stereocenters. The van der Waals surface area contributed by atoms with Crippen LogP contribution in [0.5, 0.6) is 0 Å². The molecule has 0 saturated carbocycles. The van der Waals surface area contributed by atoms with E-state index >= 15 is 0 Å². The number of hydrogen-bond acceptors (Lipinski definition) is 3. The van der Waals surface area contributed by atoms with Gasteiger partial charge in [-0.1, -0.05) is 28.1 Å². The van der Waals surface area contributed by atoms with Crippen molar-refractivity contribution in [3.63, 3.8) is 0 Å². The minimum Gasteiger partial charge on any atom is -0.394 e. The summed E-state index contributed by atoms with van der Waals surface area (Å²) in [4.78, 5) is 12.2. The molecule has 0 radical (unpaired) electrons. The largest absolute Gasteiger partial charge is 0.394 e. The summed E-state index contributed by atoms with van der Waals surface area (Å²) < 4.78 is 0.944. The van der Waals surface area contributed by atoms with E-state index in [0.29, 0.717) is 0 Å². The molecule has 5 heteroatoms. The highest BCUT2D eigenvalue weighted by Gasteiger charge is 2.23. The minimum atomic E-state index is -0.333. The van der Waals surface area contributed by atoms with E-state index in [9.17, 15) is 9.90 Å². The van der Waals surface area contributed by atoms with Gasteiger partial charge in [-0.25, -0.2) is 0 Å². The number of piperidine rings is 1. The molecular weight excluding hydrogens is 308 g/mol. The van der Waals surface area contributed by atoms with Gasteiger partial charge in [-0.05, 0) is 43.6 Å². The van der Waals surface area contributed by atoms with Crippen molar-refractivity contribution < 1.29 is 9.90 Å². The summed E-state index contributed by atoms with van der Waals surface area (Å²) in [6.07, 6.45) is 1.73. The molecule has 19 heavy (non-hydrogen) atoms. The van der Waals surface area contributed by atoms with Gasteiger partial charge in [0.15, 0.2) is 0 Å². The molecule has 1 aliphatic heterocycles. The van der Waals surface area contributed by atoms with Gasteiger partial charge in [0.05, 0.1) is 12.6 Å². The average Bonchev–Trinajstić information content (AvgIpc) is 2.45. The van der Waals surface area contributed by atoms with E-state index in [4.69, 9.17) is 0 Å². The van der Waals surface area contributed by atoms with Crippen LogP contribution in [0.25, 0.3) is 0 Å². The van der Waals surface area contributed by atoms with E-state index in [0.717, 1.165) is 36.0 Å². The maximum atomic E-state index is 12.2. The van der Waals surface area contributed by atoms with Crippen molar-refractivity contribution in [3.8, 4) is 0 Å². The summed E-state index contributed by atoms with van der Waals surface area (Å²) in [7, 11) is 0. The second kappa shape index (κ2) is 7.03. The lowest BCUT2D eigenvalue weighted by Crippen LogP contribution is -2.40. The van der Waals surface area contributed by atoms with Gasteiger partial charge in [0.2, 0.25) is 5.91 Å². The second-order valence-electron chi connectivity index (χ2n) is 4.82. The SMILES string of the molecule is O=C(NC(CO)c1cccc(Br)c1)C1CCNCC1. The fraction of sp³-hybridized carbons (Fsp3) is 0.500. The average molecular weight is 327 g/mol. The second-order valence-corrected chi connectivity index (χ2v) is 5.74. The smallest absolute Gasteiger partial charge is 0.223 e. The first kappa shape index (κ1) is 14.5. The number of halogens is 1. The molecule has 0 spiro atoms. The van der Waals surface area contributed by atoms with Crippen LogP contribution in [0.2, 0.25) is 0 Å². The lowest BCUT2D eigenvalue weighted by Gasteiger charge is -2.25. The van der Waals surface area contributed by atoms with Gasteiger partial charge < -0.3 is 15.7 Å². The predicted octanol–water partition coefficient (Wildman–Crippen LogP) is 1.60. The summed E-state index contributed by atoms with van der Waals surface area (Å²) in [5, 5.41) is 15.7. The van der Waals surface area contributed by atoms with Gasteiger partial charge in [-0.15, -0.1) is 0 Å². The van der Waals surface area contributed by atoms with Gasteiger partial charge in [-0.2, -0.15) is 0 Å². The molecule has 3 N–H and O–H groups in total. The van der Waals surface area contributed by atoms with Gasteiger partial charge in [0, 0.05) is 10.4 Å². The zero-order chi connectivity index (χ0) is 13.7. The number of amides is 1. The van der Waals surface area contributed by atoms with Gasteiger partial charge in [0.25, 0.3) is 0 Å². The first-order valence-electron chi connectivity index (χ1n) is 6.58. The fourth-order valence-corrected chi connectivity index (χ4v) is 2.75. The van der Waals surface area contributed by atoms with E-state index in [1.54, 1.807) is 0 Å². The van der Waals surface area contributed by atoms with Crippen LogP contribution in [0.15, 0.2) is 28.7 Å². The van der Waals surface area contributed by atoms with Crippen molar-refractivity contribution in [2.45, 2.75) is 18.9 Å². The van der Waals surface area contributed by atoms with Gasteiger partial charge >= 0.3 is 0 Å². The monoisotopic (exact) mass is 326 g/mol. The number of hydrogen-bond donors (Lipinski definition) is 3. The maximum absolute atomic E-state index is 12.2. The van der Waals surface area contributed by atoms with Crippen molar-refractivity contribution in [1.29, 1.82) is 0 Å². The molecule has 1 saturated heterocycles. The first-order chi connectivity index (χ1) is 9.20. The first-order valence-corrected chi connectivity index (χ1v) is 7.37. The Balaban J connectivity index is 2.00. The lowest BCUT2D eigenvalue weighted by atomic mass is 9.96. The van der Waals surface area contributed by atoms with Crippen LogP contribution >= 0.6 is 15.9 Å². The highest BCUT2D eigenvalue weighted by atomic mass is 79.9. The minimum absolute atomic E-state index is 0.0422. The van der Waals surface area contributed by atoms with Crippen LogP contribution in [-0.4, -0.2) is 30.7 Å². The Morgan fingerprint density at radius 1 is 1.47 bits per heavy atom. The summed E-state index contributed by atoms with van der Waals surface area (Å²) in [5.41, 5.74) is 0.916. The Labute approximate surface area is 121 Å².